The number of carbonyl (C=O) groups is 2. The van der Waals surface area contributed by atoms with Crippen molar-refractivity contribution in [2.75, 3.05) is 6.61 Å². The molecule has 0 saturated heterocycles. The number of rotatable bonds is 6. The second-order valence-corrected chi connectivity index (χ2v) is 5.45. The Balaban J connectivity index is 2.37. The minimum absolute atomic E-state index is 0.0549. The van der Waals surface area contributed by atoms with E-state index in [1.807, 2.05) is 52.0 Å². The molecule has 1 rings (SSSR count). The van der Waals surface area contributed by atoms with Crippen LogP contribution >= 0.6 is 0 Å². The van der Waals surface area contributed by atoms with Gasteiger partial charge in [0.2, 0.25) is 0 Å². The van der Waals surface area contributed by atoms with Crippen molar-refractivity contribution in [1.29, 1.82) is 0 Å². The van der Waals surface area contributed by atoms with Gasteiger partial charge in [-0.3, -0.25) is 4.79 Å². The van der Waals surface area contributed by atoms with Crippen LogP contribution in [0.25, 0.3) is 6.08 Å². The lowest BCUT2D eigenvalue weighted by atomic mass is 10.1. The highest BCUT2D eigenvalue weighted by Crippen LogP contribution is 2.05. The van der Waals surface area contributed by atoms with Crippen molar-refractivity contribution in [3.05, 3.63) is 41.5 Å². The molecule has 4 heteroatoms. The lowest BCUT2D eigenvalue weighted by Gasteiger charge is -2.16. The van der Waals surface area contributed by atoms with Gasteiger partial charge >= 0.3 is 5.97 Å². The first-order valence-electron chi connectivity index (χ1n) is 7.09. The molecule has 21 heavy (non-hydrogen) atoms. The van der Waals surface area contributed by atoms with Gasteiger partial charge in [0.25, 0.3) is 5.91 Å². The molecule has 0 aliphatic carbocycles. The molecule has 1 N–H and O–H groups in total. The molecule has 4 nitrogen and oxygen atoms in total. The molecule has 0 saturated carbocycles. The van der Waals surface area contributed by atoms with Crippen LogP contribution < -0.4 is 5.32 Å². The molecule has 0 bridgehead atoms. The van der Waals surface area contributed by atoms with Crippen LogP contribution in [0, 0.1) is 12.8 Å². The molecule has 1 unspecified atom stereocenters. The van der Waals surface area contributed by atoms with E-state index in [0.717, 1.165) is 11.1 Å². The number of benzene rings is 1. The summed E-state index contributed by atoms with van der Waals surface area (Å²) in [6.45, 7) is 7.69. The van der Waals surface area contributed by atoms with Crippen molar-refractivity contribution < 1.29 is 14.3 Å². The highest BCUT2D eigenvalue weighted by Gasteiger charge is 2.11. The first kappa shape index (κ1) is 17.0. The van der Waals surface area contributed by atoms with E-state index in [4.69, 9.17) is 4.74 Å². The van der Waals surface area contributed by atoms with Crippen LogP contribution in [0.15, 0.2) is 30.3 Å². The van der Waals surface area contributed by atoms with E-state index in [-0.39, 0.29) is 18.6 Å². The Morgan fingerprint density at radius 3 is 2.38 bits per heavy atom. The second kappa shape index (κ2) is 8.25. The maximum atomic E-state index is 11.6. The van der Waals surface area contributed by atoms with Crippen LogP contribution in [-0.2, 0) is 14.3 Å². The summed E-state index contributed by atoms with van der Waals surface area (Å²) in [5.41, 5.74) is 2.07. The van der Waals surface area contributed by atoms with Gasteiger partial charge in [0, 0.05) is 12.1 Å². The number of hydrogen-bond donors (Lipinski definition) is 1. The summed E-state index contributed by atoms with van der Waals surface area (Å²) >= 11 is 0. The zero-order valence-electron chi connectivity index (χ0n) is 13.1. The van der Waals surface area contributed by atoms with Crippen molar-refractivity contribution in [2.45, 2.75) is 33.7 Å². The summed E-state index contributed by atoms with van der Waals surface area (Å²) in [6, 6.07) is 7.81. The van der Waals surface area contributed by atoms with E-state index in [0.29, 0.717) is 5.92 Å². The molecule has 0 fully saturated rings. The van der Waals surface area contributed by atoms with E-state index in [9.17, 15) is 9.59 Å². The van der Waals surface area contributed by atoms with Gasteiger partial charge in [-0.05, 0) is 31.4 Å². The largest absolute Gasteiger partial charge is 0.452 e. The Bertz CT molecular complexity index is 503. The summed E-state index contributed by atoms with van der Waals surface area (Å²) in [5.74, 6) is -0.470. The Morgan fingerprint density at radius 2 is 1.81 bits per heavy atom. The van der Waals surface area contributed by atoms with Gasteiger partial charge in [0.15, 0.2) is 6.61 Å². The Hall–Kier alpha value is -2.10. The maximum Gasteiger partial charge on any atom is 0.331 e. The van der Waals surface area contributed by atoms with Gasteiger partial charge in [0.1, 0.15) is 0 Å². The number of ether oxygens (including phenoxy) is 1. The summed E-state index contributed by atoms with van der Waals surface area (Å²) in [7, 11) is 0. The second-order valence-electron chi connectivity index (χ2n) is 5.45. The minimum atomic E-state index is -0.525. The maximum absolute atomic E-state index is 11.6. The number of esters is 1. The number of aryl methyl sites for hydroxylation is 1. The smallest absolute Gasteiger partial charge is 0.331 e. The van der Waals surface area contributed by atoms with Crippen LogP contribution in [0.1, 0.15) is 31.9 Å². The zero-order chi connectivity index (χ0) is 15.8. The van der Waals surface area contributed by atoms with Gasteiger partial charge < -0.3 is 10.1 Å². The fraction of sp³-hybridized carbons (Fsp3) is 0.412. The third-order valence-corrected chi connectivity index (χ3v) is 3.22. The van der Waals surface area contributed by atoms with E-state index in [2.05, 4.69) is 5.32 Å². The first-order chi connectivity index (χ1) is 9.88. The topological polar surface area (TPSA) is 55.4 Å². The van der Waals surface area contributed by atoms with Crippen LogP contribution in [0.4, 0.5) is 0 Å². The summed E-state index contributed by atoms with van der Waals surface area (Å²) in [5, 5.41) is 2.77. The van der Waals surface area contributed by atoms with Crippen LogP contribution in [0.3, 0.4) is 0 Å². The number of nitrogens with one attached hydrogen (secondary N) is 1. The summed E-state index contributed by atoms with van der Waals surface area (Å²) in [6.07, 6.45) is 2.99. The quantitative estimate of drug-likeness (QED) is 0.647. The van der Waals surface area contributed by atoms with Gasteiger partial charge in [0.05, 0.1) is 0 Å². The SMILES string of the molecule is Cc1ccc(/C=C/C(=O)OCC(=O)NC(C)C(C)C)cc1. The van der Waals surface area contributed by atoms with E-state index >= 15 is 0 Å². The Kier molecular flexibility index (Phi) is 6.66. The highest BCUT2D eigenvalue weighted by atomic mass is 16.5. The number of carbonyl (C=O) groups excluding carboxylic acids is 2. The van der Waals surface area contributed by atoms with Crippen LogP contribution in [0.2, 0.25) is 0 Å². The molecule has 0 aliphatic heterocycles. The van der Waals surface area contributed by atoms with Gasteiger partial charge in [-0.2, -0.15) is 0 Å². The van der Waals surface area contributed by atoms with Crippen LogP contribution in [-0.4, -0.2) is 24.5 Å². The lowest BCUT2D eigenvalue weighted by Crippen LogP contribution is -2.38. The molecule has 114 valence electrons. The minimum Gasteiger partial charge on any atom is -0.452 e. The zero-order valence-corrected chi connectivity index (χ0v) is 13.1. The van der Waals surface area contributed by atoms with Crippen LogP contribution in [0.5, 0.6) is 0 Å². The molecule has 1 aromatic rings. The van der Waals surface area contributed by atoms with E-state index < -0.39 is 5.97 Å². The average molecular weight is 289 g/mol. The Labute approximate surface area is 126 Å². The molecule has 1 atom stereocenters. The van der Waals surface area contributed by atoms with Crippen molar-refractivity contribution in [3.8, 4) is 0 Å². The molecule has 0 heterocycles. The van der Waals surface area contributed by atoms with E-state index in [1.54, 1.807) is 6.08 Å². The molecule has 0 spiro atoms. The highest BCUT2D eigenvalue weighted by molar-refractivity contribution is 5.89. The normalized spacial score (nSPS) is 12.4. The van der Waals surface area contributed by atoms with Crippen molar-refractivity contribution >= 4 is 18.0 Å². The van der Waals surface area contributed by atoms with Gasteiger partial charge in [-0.1, -0.05) is 43.7 Å². The third kappa shape index (κ3) is 6.75. The fourth-order valence-electron chi connectivity index (χ4n) is 1.49. The first-order valence-corrected chi connectivity index (χ1v) is 7.09. The predicted octanol–water partition coefficient (Wildman–Crippen LogP) is 2.71. The summed E-state index contributed by atoms with van der Waals surface area (Å²) in [4.78, 5) is 23.1. The predicted molar refractivity (Wildman–Crippen MR) is 83.6 cm³/mol. The molecule has 1 amide bonds. The van der Waals surface area contributed by atoms with Gasteiger partial charge in [-0.25, -0.2) is 4.79 Å². The summed E-state index contributed by atoms with van der Waals surface area (Å²) < 4.78 is 4.89. The standard InChI is InChI=1S/C17H23NO3/c1-12(2)14(4)18-16(19)11-21-17(20)10-9-15-7-5-13(3)6-8-15/h5-10,12,14H,11H2,1-4H3,(H,18,19)/b10-9+. The fourth-order valence-corrected chi connectivity index (χ4v) is 1.49. The van der Waals surface area contributed by atoms with Gasteiger partial charge in [-0.15, -0.1) is 0 Å². The molecule has 0 radical (unpaired) electrons. The number of hydrogen-bond acceptors (Lipinski definition) is 3. The molecule has 1 aromatic carbocycles. The average Bonchev–Trinajstić information content (AvgIpc) is 2.44. The third-order valence-electron chi connectivity index (χ3n) is 3.22. The molecular formula is C17H23NO3. The molecule has 0 aromatic heterocycles. The lowest BCUT2D eigenvalue weighted by molar-refractivity contribution is -0.144. The molecular weight excluding hydrogens is 266 g/mol. The van der Waals surface area contributed by atoms with Crippen molar-refractivity contribution in [3.63, 3.8) is 0 Å². The van der Waals surface area contributed by atoms with E-state index in [1.165, 1.54) is 6.08 Å². The van der Waals surface area contributed by atoms with Crippen molar-refractivity contribution in [2.24, 2.45) is 5.92 Å². The monoisotopic (exact) mass is 289 g/mol. The number of amides is 1. The Morgan fingerprint density at radius 1 is 1.19 bits per heavy atom. The molecule has 0 aliphatic rings. The van der Waals surface area contributed by atoms with Crippen molar-refractivity contribution in [1.82, 2.24) is 5.32 Å².